The molecule has 3 nitrogen and oxygen atoms in total. The molecule has 0 fully saturated rings. The van der Waals surface area contributed by atoms with Crippen LogP contribution in [0.3, 0.4) is 0 Å². The van der Waals surface area contributed by atoms with Crippen molar-refractivity contribution >= 4 is 27.1 Å². The fourth-order valence-electron chi connectivity index (χ4n) is 1.60. The molecule has 0 radical (unpaired) electrons. The molecule has 0 spiro atoms. The first-order valence-corrected chi connectivity index (χ1v) is 6.49. The first kappa shape index (κ1) is 10.8. The van der Waals surface area contributed by atoms with Crippen LogP contribution in [-0.4, -0.2) is 19.7 Å². The van der Waals surface area contributed by atoms with Gasteiger partial charge in [0, 0.05) is 6.54 Å². The van der Waals surface area contributed by atoms with E-state index in [0.717, 1.165) is 0 Å². The van der Waals surface area contributed by atoms with E-state index in [1.807, 2.05) is 0 Å². The van der Waals surface area contributed by atoms with Gasteiger partial charge in [0.05, 0.1) is 15.5 Å². The fraction of sp³-hybridized carbons (Fsp3) is 0.400. The molecule has 82 valence electrons. The molecule has 0 aliphatic carbocycles. The Hall–Kier alpha value is -0.740. The van der Waals surface area contributed by atoms with Crippen molar-refractivity contribution in [1.82, 2.24) is 0 Å². The monoisotopic (exact) mass is 245 g/mol. The Kier molecular flexibility index (Phi) is 2.24. The molecular weight excluding hydrogens is 234 g/mol. The van der Waals surface area contributed by atoms with Gasteiger partial charge in [-0.2, -0.15) is 0 Å². The largest absolute Gasteiger partial charge is 0.382 e. The predicted octanol–water partition coefficient (Wildman–Crippen LogP) is 2.32. The van der Waals surface area contributed by atoms with E-state index in [9.17, 15) is 8.42 Å². The van der Waals surface area contributed by atoms with Crippen LogP contribution >= 0.6 is 11.6 Å². The second kappa shape index (κ2) is 3.12. The second-order valence-electron chi connectivity index (χ2n) is 4.23. The summed E-state index contributed by atoms with van der Waals surface area (Å²) in [6.07, 6.45) is 0. The van der Waals surface area contributed by atoms with E-state index < -0.39 is 14.6 Å². The molecule has 0 amide bonds. The number of sulfone groups is 1. The maximum absolute atomic E-state index is 12.2. The van der Waals surface area contributed by atoms with Crippen LogP contribution in [0.2, 0.25) is 5.02 Å². The summed E-state index contributed by atoms with van der Waals surface area (Å²) < 4.78 is 23.6. The highest BCUT2D eigenvalue weighted by atomic mass is 35.5. The van der Waals surface area contributed by atoms with Gasteiger partial charge in [-0.15, -0.1) is 0 Å². The first-order chi connectivity index (χ1) is 6.86. The number of rotatable bonds is 0. The number of hydrogen-bond acceptors (Lipinski definition) is 3. The fourth-order valence-corrected chi connectivity index (χ4v) is 3.65. The van der Waals surface area contributed by atoms with Gasteiger partial charge < -0.3 is 5.32 Å². The highest BCUT2D eigenvalue weighted by molar-refractivity contribution is 7.93. The van der Waals surface area contributed by atoms with Crippen LogP contribution in [0.25, 0.3) is 0 Å². The molecule has 0 unspecified atom stereocenters. The molecule has 0 saturated carbocycles. The van der Waals surface area contributed by atoms with Crippen LogP contribution < -0.4 is 5.32 Å². The summed E-state index contributed by atoms with van der Waals surface area (Å²) in [4.78, 5) is 0.225. The standard InChI is InChI=1S/C10H12ClNO2S/c1-10(2)6-12-8-5-3-4-7(11)9(8)15(10,13)14/h3-5,12H,6H2,1-2H3. The number of nitrogens with one attached hydrogen (secondary N) is 1. The van der Waals surface area contributed by atoms with Gasteiger partial charge in [-0.3, -0.25) is 0 Å². The van der Waals surface area contributed by atoms with Gasteiger partial charge in [-0.05, 0) is 26.0 Å². The molecule has 0 bridgehead atoms. The Morgan fingerprint density at radius 3 is 2.73 bits per heavy atom. The van der Waals surface area contributed by atoms with Crippen molar-refractivity contribution in [3.63, 3.8) is 0 Å². The van der Waals surface area contributed by atoms with Gasteiger partial charge in [0.2, 0.25) is 0 Å². The van der Waals surface area contributed by atoms with Crippen LogP contribution in [-0.2, 0) is 9.84 Å². The van der Waals surface area contributed by atoms with Crippen molar-refractivity contribution in [2.75, 3.05) is 11.9 Å². The maximum atomic E-state index is 12.2. The van der Waals surface area contributed by atoms with E-state index in [4.69, 9.17) is 11.6 Å². The summed E-state index contributed by atoms with van der Waals surface area (Å²) >= 11 is 5.93. The Labute approximate surface area is 94.4 Å². The molecule has 5 heteroatoms. The Bertz CT molecular complexity index is 508. The first-order valence-electron chi connectivity index (χ1n) is 4.63. The number of benzene rings is 1. The lowest BCUT2D eigenvalue weighted by Crippen LogP contribution is -2.43. The molecule has 0 saturated heterocycles. The number of halogens is 1. The molecule has 1 heterocycles. The molecule has 1 aromatic rings. The van der Waals surface area contributed by atoms with E-state index in [2.05, 4.69) is 5.32 Å². The molecule has 2 rings (SSSR count). The van der Waals surface area contributed by atoms with Crippen molar-refractivity contribution in [1.29, 1.82) is 0 Å². The summed E-state index contributed by atoms with van der Waals surface area (Å²) in [5, 5.41) is 3.37. The van der Waals surface area contributed by atoms with E-state index in [-0.39, 0.29) is 9.92 Å². The zero-order valence-electron chi connectivity index (χ0n) is 8.54. The Morgan fingerprint density at radius 2 is 2.07 bits per heavy atom. The van der Waals surface area contributed by atoms with Gasteiger partial charge >= 0.3 is 0 Å². The lowest BCUT2D eigenvalue weighted by atomic mass is 10.2. The molecular formula is C10H12ClNO2S. The second-order valence-corrected chi connectivity index (χ2v) is 7.16. The number of fused-ring (bicyclic) bond motifs is 1. The van der Waals surface area contributed by atoms with Crippen LogP contribution in [0, 0.1) is 0 Å². The zero-order valence-corrected chi connectivity index (χ0v) is 10.1. The smallest absolute Gasteiger partial charge is 0.188 e. The molecule has 0 atom stereocenters. The van der Waals surface area contributed by atoms with E-state index in [0.29, 0.717) is 12.2 Å². The van der Waals surface area contributed by atoms with Gasteiger partial charge in [-0.25, -0.2) is 8.42 Å². The van der Waals surface area contributed by atoms with Crippen LogP contribution in [0.4, 0.5) is 5.69 Å². The van der Waals surface area contributed by atoms with Crippen LogP contribution in [0.15, 0.2) is 23.1 Å². The van der Waals surface area contributed by atoms with Crippen LogP contribution in [0.1, 0.15) is 13.8 Å². The number of anilines is 1. The van der Waals surface area contributed by atoms with Gasteiger partial charge in [0.15, 0.2) is 9.84 Å². The summed E-state index contributed by atoms with van der Waals surface area (Å²) in [7, 11) is -3.35. The van der Waals surface area contributed by atoms with Gasteiger partial charge in [0.25, 0.3) is 0 Å². The quantitative estimate of drug-likeness (QED) is 0.763. The minimum absolute atomic E-state index is 0.225. The van der Waals surface area contributed by atoms with Crippen molar-refractivity contribution in [3.05, 3.63) is 23.2 Å². The summed E-state index contributed by atoms with van der Waals surface area (Å²) in [6.45, 7) is 3.80. The molecule has 1 N–H and O–H groups in total. The highest BCUT2D eigenvalue weighted by Crippen LogP contribution is 2.39. The third-order valence-corrected chi connectivity index (χ3v) is 5.67. The minimum atomic E-state index is -3.35. The predicted molar refractivity (Wildman–Crippen MR) is 61.2 cm³/mol. The average Bonchev–Trinajstić information content (AvgIpc) is 2.12. The SMILES string of the molecule is CC1(C)CNc2cccc(Cl)c2S1(=O)=O. The molecule has 0 aromatic heterocycles. The molecule has 1 aliphatic heterocycles. The van der Waals surface area contributed by atoms with Crippen molar-refractivity contribution in [2.45, 2.75) is 23.5 Å². The molecule has 1 aliphatic rings. The lowest BCUT2D eigenvalue weighted by molar-refractivity contribution is 0.548. The topological polar surface area (TPSA) is 46.2 Å². The Morgan fingerprint density at radius 1 is 1.40 bits per heavy atom. The number of hydrogen-bond donors (Lipinski definition) is 1. The van der Waals surface area contributed by atoms with Crippen molar-refractivity contribution in [2.24, 2.45) is 0 Å². The van der Waals surface area contributed by atoms with Crippen molar-refractivity contribution in [3.8, 4) is 0 Å². The highest BCUT2D eigenvalue weighted by Gasteiger charge is 2.41. The Balaban J connectivity index is 2.78. The lowest BCUT2D eigenvalue weighted by Gasteiger charge is -2.32. The summed E-state index contributed by atoms with van der Waals surface area (Å²) in [5.41, 5.74) is 0.599. The van der Waals surface area contributed by atoms with Crippen molar-refractivity contribution < 1.29 is 8.42 Å². The normalized spacial score (nSPS) is 21.5. The van der Waals surface area contributed by atoms with Gasteiger partial charge in [-0.1, -0.05) is 17.7 Å². The minimum Gasteiger partial charge on any atom is -0.382 e. The van der Waals surface area contributed by atoms with Crippen LogP contribution in [0.5, 0.6) is 0 Å². The third kappa shape index (κ3) is 1.43. The summed E-state index contributed by atoms with van der Waals surface area (Å²) in [6, 6.07) is 5.07. The van der Waals surface area contributed by atoms with Gasteiger partial charge in [0.1, 0.15) is 4.90 Å². The average molecular weight is 246 g/mol. The maximum Gasteiger partial charge on any atom is 0.188 e. The summed E-state index contributed by atoms with van der Waals surface area (Å²) in [5.74, 6) is 0. The molecule has 15 heavy (non-hydrogen) atoms. The van der Waals surface area contributed by atoms with E-state index in [1.165, 1.54) is 0 Å². The third-order valence-electron chi connectivity index (χ3n) is 2.67. The molecule has 1 aromatic carbocycles. The van der Waals surface area contributed by atoms with E-state index in [1.54, 1.807) is 32.0 Å². The zero-order chi connectivity index (χ0) is 11.3. The van der Waals surface area contributed by atoms with E-state index >= 15 is 0 Å².